The van der Waals surface area contributed by atoms with Gasteiger partial charge in [-0.2, -0.15) is 21.6 Å². The number of alkyl halides is 3. The van der Waals surface area contributed by atoms with Crippen LogP contribution >= 0.6 is 0 Å². The van der Waals surface area contributed by atoms with Crippen LogP contribution in [0.1, 0.15) is 42.9 Å². The number of hydrogen-bond donors (Lipinski definition) is 0. The highest BCUT2D eigenvalue weighted by molar-refractivity contribution is 7.87. The number of benzene rings is 3. The van der Waals surface area contributed by atoms with Crippen LogP contribution < -0.4 is 0 Å². The van der Waals surface area contributed by atoms with Crippen LogP contribution in [0.15, 0.2) is 91.0 Å². The fourth-order valence-corrected chi connectivity index (χ4v) is 5.72. The van der Waals surface area contributed by atoms with Gasteiger partial charge in [-0.05, 0) is 36.5 Å². The second-order valence-electron chi connectivity index (χ2n) is 9.08. The van der Waals surface area contributed by atoms with Crippen molar-refractivity contribution in [3.05, 3.63) is 108 Å². The Kier molecular flexibility index (Phi) is 7.09. The molecule has 1 aliphatic rings. The summed E-state index contributed by atoms with van der Waals surface area (Å²) < 4.78 is 67.7. The third-order valence-electron chi connectivity index (χ3n) is 6.79. The zero-order chi connectivity index (χ0) is 25.2. The van der Waals surface area contributed by atoms with Gasteiger partial charge in [-0.25, -0.2) is 0 Å². The smallest absolute Gasteiger partial charge is 0.278 e. The van der Waals surface area contributed by atoms with E-state index in [1.807, 2.05) is 91.0 Å². The van der Waals surface area contributed by atoms with Crippen molar-refractivity contribution >= 4 is 10.1 Å². The van der Waals surface area contributed by atoms with Crippen LogP contribution in [-0.2, 0) is 19.8 Å². The van der Waals surface area contributed by atoms with E-state index in [2.05, 4.69) is 9.08 Å². The molecule has 0 saturated carbocycles. The van der Waals surface area contributed by atoms with Gasteiger partial charge >= 0.3 is 15.6 Å². The summed E-state index contributed by atoms with van der Waals surface area (Å²) in [6.45, 7) is 1.73. The van der Waals surface area contributed by atoms with Crippen molar-refractivity contribution < 1.29 is 25.8 Å². The van der Waals surface area contributed by atoms with Gasteiger partial charge in [0.15, 0.2) is 0 Å². The predicted octanol–water partition coefficient (Wildman–Crippen LogP) is 6.09. The van der Waals surface area contributed by atoms with E-state index in [0.29, 0.717) is 13.0 Å². The average molecular weight is 504 g/mol. The number of rotatable bonds is 7. The lowest BCUT2D eigenvalue weighted by Crippen LogP contribution is -2.63. The monoisotopic (exact) mass is 503 g/mol. The molecular formula is C27H28F3NO3S. The van der Waals surface area contributed by atoms with E-state index in [1.54, 1.807) is 6.92 Å². The Bertz CT molecular complexity index is 1120. The van der Waals surface area contributed by atoms with E-state index in [0.717, 1.165) is 29.5 Å². The minimum Gasteiger partial charge on any atom is -0.278 e. The van der Waals surface area contributed by atoms with Gasteiger partial charge in [-0.3, -0.25) is 9.08 Å². The second-order valence-corrected chi connectivity index (χ2v) is 10.7. The molecule has 0 amide bonds. The third-order valence-corrected chi connectivity index (χ3v) is 7.78. The molecule has 4 rings (SSSR count). The van der Waals surface area contributed by atoms with Gasteiger partial charge in [0.25, 0.3) is 0 Å². The summed E-state index contributed by atoms with van der Waals surface area (Å²) in [5.41, 5.74) is -4.56. The molecule has 0 aliphatic carbocycles. The van der Waals surface area contributed by atoms with Crippen molar-refractivity contribution in [2.45, 2.75) is 42.8 Å². The number of halogens is 3. The van der Waals surface area contributed by atoms with Crippen LogP contribution in [0.5, 0.6) is 0 Å². The topological polar surface area (TPSA) is 46.6 Å². The third kappa shape index (κ3) is 4.75. The number of piperidine rings is 1. The molecule has 4 nitrogen and oxygen atoms in total. The largest absolute Gasteiger partial charge is 0.523 e. The standard InChI is InChI=1S/C27H28F3NO3S/c1-25(21-34-35(32,33)27(28,29)30)19-11-12-20-31(25)26(22-13-5-2-6-14-22,23-15-7-3-8-16-23)24-17-9-4-10-18-24/h2-10,13-18H,11-12,19-21H2,1H3/t25-/m1/s1. The summed E-state index contributed by atoms with van der Waals surface area (Å²) in [6, 6.07) is 29.4. The highest BCUT2D eigenvalue weighted by Gasteiger charge is 2.53. The van der Waals surface area contributed by atoms with Crippen molar-refractivity contribution in [3.63, 3.8) is 0 Å². The van der Waals surface area contributed by atoms with Gasteiger partial charge in [0, 0.05) is 12.1 Å². The highest BCUT2D eigenvalue weighted by atomic mass is 32.2. The lowest BCUT2D eigenvalue weighted by Gasteiger charge is -2.56. The van der Waals surface area contributed by atoms with E-state index in [4.69, 9.17) is 0 Å². The molecule has 35 heavy (non-hydrogen) atoms. The zero-order valence-corrected chi connectivity index (χ0v) is 20.2. The SMILES string of the molecule is C[C@]1(COS(=O)(=O)C(F)(F)F)CCCCN1C(c1ccccc1)(c1ccccc1)c1ccccc1. The highest BCUT2D eigenvalue weighted by Crippen LogP contribution is 2.48. The van der Waals surface area contributed by atoms with Crippen LogP contribution in [0.3, 0.4) is 0 Å². The first-order valence-electron chi connectivity index (χ1n) is 11.5. The summed E-state index contributed by atoms with van der Waals surface area (Å²) in [6.07, 6.45) is 2.04. The first kappa shape index (κ1) is 25.4. The van der Waals surface area contributed by atoms with Crippen LogP contribution in [0, 0.1) is 0 Å². The number of hydrogen-bond acceptors (Lipinski definition) is 4. The molecular weight excluding hydrogens is 475 g/mol. The van der Waals surface area contributed by atoms with Gasteiger partial charge in [0.2, 0.25) is 0 Å². The van der Waals surface area contributed by atoms with Crippen LogP contribution in [-0.4, -0.2) is 37.5 Å². The minimum atomic E-state index is -5.72. The van der Waals surface area contributed by atoms with Crippen molar-refractivity contribution in [1.82, 2.24) is 4.90 Å². The number of nitrogens with zero attached hydrogens (tertiary/aromatic N) is 1. The first-order chi connectivity index (χ1) is 16.6. The molecule has 1 heterocycles. The predicted molar refractivity (Wildman–Crippen MR) is 129 cm³/mol. The Balaban J connectivity index is 1.94. The Hall–Kier alpha value is -2.68. The molecule has 3 aromatic carbocycles. The normalized spacial score (nSPS) is 20.0. The molecule has 0 spiro atoms. The number of likely N-dealkylation sites (tertiary alicyclic amines) is 1. The Morgan fingerprint density at radius 1 is 0.800 bits per heavy atom. The van der Waals surface area contributed by atoms with Gasteiger partial charge in [0.05, 0.1) is 12.1 Å². The fraction of sp³-hybridized carbons (Fsp3) is 0.333. The van der Waals surface area contributed by atoms with Crippen molar-refractivity contribution in [2.24, 2.45) is 0 Å². The van der Waals surface area contributed by atoms with Crippen molar-refractivity contribution in [2.75, 3.05) is 13.2 Å². The summed E-state index contributed by atoms with van der Waals surface area (Å²) in [7, 11) is -5.72. The van der Waals surface area contributed by atoms with E-state index in [1.165, 1.54) is 0 Å². The van der Waals surface area contributed by atoms with Gasteiger partial charge in [0.1, 0.15) is 0 Å². The van der Waals surface area contributed by atoms with Gasteiger partial charge < -0.3 is 0 Å². The maximum Gasteiger partial charge on any atom is 0.523 e. The summed E-state index contributed by atoms with van der Waals surface area (Å²) >= 11 is 0. The lowest BCUT2D eigenvalue weighted by atomic mass is 9.71. The fourth-order valence-electron chi connectivity index (χ4n) is 5.18. The molecule has 186 valence electrons. The molecule has 8 heteroatoms. The molecule has 0 unspecified atom stereocenters. The molecule has 0 radical (unpaired) electrons. The van der Waals surface area contributed by atoms with Crippen LogP contribution in [0.4, 0.5) is 13.2 Å². The summed E-state index contributed by atoms with van der Waals surface area (Å²) in [5.74, 6) is 0. The van der Waals surface area contributed by atoms with Crippen LogP contribution in [0.2, 0.25) is 0 Å². The Labute approximate surface area is 204 Å². The van der Waals surface area contributed by atoms with E-state index in [9.17, 15) is 21.6 Å². The lowest BCUT2D eigenvalue weighted by molar-refractivity contribution is -0.0659. The summed E-state index contributed by atoms with van der Waals surface area (Å²) in [4.78, 5) is 2.13. The molecule has 1 saturated heterocycles. The van der Waals surface area contributed by atoms with E-state index in [-0.39, 0.29) is 0 Å². The van der Waals surface area contributed by atoms with E-state index < -0.39 is 33.3 Å². The maximum atomic E-state index is 13.1. The molecule has 0 bridgehead atoms. The quantitative estimate of drug-likeness (QED) is 0.222. The molecule has 0 N–H and O–H groups in total. The van der Waals surface area contributed by atoms with Gasteiger partial charge in [-0.15, -0.1) is 0 Å². The molecule has 1 fully saturated rings. The summed E-state index contributed by atoms with van der Waals surface area (Å²) in [5, 5.41) is 0. The molecule has 1 atom stereocenters. The first-order valence-corrected chi connectivity index (χ1v) is 12.9. The Morgan fingerprint density at radius 2 is 1.23 bits per heavy atom. The van der Waals surface area contributed by atoms with E-state index >= 15 is 0 Å². The van der Waals surface area contributed by atoms with Gasteiger partial charge in [-0.1, -0.05) is 97.4 Å². The molecule has 3 aromatic rings. The minimum absolute atomic E-state index is 0.481. The van der Waals surface area contributed by atoms with Crippen molar-refractivity contribution in [1.29, 1.82) is 0 Å². The maximum absolute atomic E-state index is 13.1. The Morgan fingerprint density at radius 3 is 1.63 bits per heavy atom. The average Bonchev–Trinajstić information content (AvgIpc) is 2.86. The van der Waals surface area contributed by atoms with Crippen LogP contribution in [0.25, 0.3) is 0 Å². The zero-order valence-electron chi connectivity index (χ0n) is 19.4. The van der Waals surface area contributed by atoms with Crippen molar-refractivity contribution in [3.8, 4) is 0 Å². The molecule has 0 aromatic heterocycles. The second kappa shape index (κ2) is 9.76. The molecule has 1 aliphatic heterocycles.